The molecule has 31 heavy (non-hydrogen) atoms. The number of nitrogens with zero attached hydrogens (tertiary/aromatic N) is 3. The average molecular weight is 468 g/mol. The van der Waals surface area contributed by atoms with Crippen LogP contribution in [0.4, 0.5) is 10.8 Å². The Morgan fingerprint density at radius 1 is 1.26 bits per heavy atom. The average Bonchev–Trinajstić information content (AvgIpc) is 3.36. The van der Waals surface area contributed by atoms with Crippen molar-refractivity contribution in [3.05, 3.63) is 58.1 Å². The van der Waals surface area contributed by atoms with Gasteiger partial charge in [-0.05, 0) is 48.1 Å². The summed E-state index contributed by atoms with van der Waals surface area (Å²) in [5, 5.41) is 12.3. The molecule has 3 heterocycles. The molecule has 0 aliphatic heterocycles. The van der Waals surface area contributed by atoms with Gasteiger partial charge >= 0.3 is 0 Å². The van der Waals surface area contributed by atoms with E-state index in [0.29, 0.717) is 21.6 Å². The number of nitrogens with two attached hydrogens (primary N) is 1. The lowest BCUT2D eigenvalue weighted by molar-refractivity contribution is 0.103. The number of thioether (sulfide) groups is 1. The van der Waals surface area contributed by atoms with Gasteiger partial charge in [0.15, 0.2) is 4.34 Å². The highest BCUT2D eigenvalue weighted by Crippen LogP contribution is 2.38. The molecule has 158 valence electrons. The van der Waals surface area contributed by atoms with Gasteiger partial charge in [-0.3, -0.25) is 10.1 Å². The van der Waals surface area contributed by atoms with E-state index in [1.54, 1.807) is 11.8 Å². The molecule has 1 aromatic carbocycles. The molecule has 1 unspecified atom stereocenters. The summed E-state index contributed by atoms with van der Waals surface area (Å²) in [5.41, 5.74) is 10.6. The van der Waals surface area contributed by atoms with Crippen LogP contribution in [0.25, 0.3) is 10.2 Å². The standard InChI is InChI=1S/C22H21N5OS3/c1-2-29-22-27-26-21(31-22)25-19(28)18-17(23)15-11-14-10-13(12-6-4-3-5-7-12)8-9-16(14)24-20(15)30-18/h3-7,11,13H,2,8-10,23H2,1H3,(H,25,26,28). The fourth-order valence-corrected chi connectivity index (χ4v) is 6.60. The van der Waals surface area contributed by atoms with Crippen LogP contribution in [0.5, 0.6) is 0 Å². The van der Waals surface area contributed by atoms with E-state index in [2.05, 4.69) is 58.8 Å². The summed E-state index contributed by atoms with van der Waals surface area (Å²) in [6.45, 7) is 2.05. The summed E-state index contributed by atoms with van der Waals surface area (Å²) in [5.74, 6) is 1.14. The Morgan fingerprint density at radius 2 is 2.10 bits per heavy atom. The molecule has 3 aromatic heterocycles. The zero-order valence-electron chi connectivity index (χ0n) is 16.9. The first-order valence-corrected chi connectivity index (χ1v) is 12.8. The van der Waals surface area contributed by atoms with Crippen molar-refractivity contribution in [3.63, 3.8) is 0 Å². The second-order valence-corrected chi connectivity index (χ2v) is 10.9. The topological polar surface area (TPSA) is 93.8 Å². The molecule has 3 N–H and O–H groups in total. The van der Waals surface area contributed by atoms with E-state index in [0.717, 1.165) is 45.3 Å². The third kappa shape index (κ3) is 4.05. The minimum atomic E-state index is -0.259. The van der Waals surface area contributed by atoms with Crippen LogP contribution in [-0.4, -0.2) is 26.8 Å². The molecule has 4 aromatic rings. The predicted molar refractivity (Wildman–Crippen MR) is 130 cm³/mol. The number of carbonyl (C=O) groups is 1. The van der Waals surface area contributed by atoms with E-state index in [4.69, 9.17) is 10.7 Å². The van der Waals surface area contributed by atoms with Gasteiger partial charge in [-0.15, -0.1) is 21.5 Å². The first kappa shape index (κ1) is 20.4. The first-order valence-electron chi connectivity index (χ1n) is 10.2. The number of aryl methyl sites for hydroxylation is 1. The number of pyridine rings is 1. The van der Waals surface area contributed by atoms with E-state index < -0.39 is 0 Å². The Labute approximate surface area is 192 Å². The van der Waals surface area contributed by atoms with Crippen LogP contribution in [-0.2, 0) is 12.8 Å². The van der Waals surface area contributed by atoms with Crippen LogP contribution >= 0.6 is 34.4 Å². The number of nitrogen functional groups attached to an aromatic ring is 1. The molecule has 0 saturated carbocycles. The van der Waals surface area contributed by atoms with Crippen molar-refractivity contribution in [2.45, 2.75) is 36.4 Å². The maximum atomic E-state index is 12.9. The van der Waals surface area contributed by atoms with E-state index in [1.807, 2.05) is 0 Å². The van der Waals surface area contributed by atoms with Gasteiger partial charge in [0, 0.05) is 11.1 Å². The number of thiophene rings is 1. The van der Waals surface area contributed by atoms with E-state index in [9.17, 15) is 4.79 Å². The maximum absolute atomic E-state index is 12.9. The monoisotopic (exact) mass is 467 g/mol. The molecule has 1 amide bonds. The molecule has 0 radical (unpaired) electrons. The number of hydrogen-bond acceptors (Lipinski definition) is 8. The highest BCUT2D eigenvalue weighted by molar-refractivity contribution is 8.01. The summed E-state index contributed by atoms with van der Waals surface area (Å²) >= 11 is 4.31. The third-order valence-corrected chi connectivity index (χ3v) is 8.43. The lowest BCUT2D eigenvalue weighted by Gasteiger charge is -2.24. The number of rotatable bonds is 5. The molecule has 0 saturated heterocycles. The number of fused-ring (bicyclic) bond motifs is 2. The Bertz CT molecular complexity index is 1250. The number of anilines is 2. The molecule has 0 spiro atoms. The van der Waals surface area contributed by atoms with Gasteiger partial charge in [0.2, 0.25) is 5.13 Å². The number of hydrogen-bond donors (Lipinski definition) is 2. The Hall–Kier alpha value is -2.49. The van der Waals surface area contributed by atoms with Crippen molar-refractivity contribution in [1.29, 1.82) is 0 Å². The van der Waals surface area contributed by atoms with Crippen LogP contribution < -0.4 is 11.1 Å². The van der Waals surface area contributed by atoms with E-state index in [1.165, 1.54) is 33.8 Å². The second-order valence-electron chi connectivity index (χ2n) is 7.40. The first-order chi connectivity index (χ1) is 15.1. The second kappa shape index (κ2) is 8.57. The van der Waals surface area contributed by atoms with Crippen molar-refractivity contribution < 1.29 is 4.79 Å². The Balaban J connectivity index is 1.41. The third-order valence-electron chi connectivity index (χ3n) is 5.46. The van der Waals surface area contributed by atoms with Gasteiger partial charge in [-0.25, -0.2) is 4.98 Å². The minimum absolute atomic E-state index is 0.259. The number of nitrogens with one attached hydrogen (secondary N) is 1. The number of amides is 1. The van der Waals surface area contributed by atoms with Gasteiger partial charge in [-0.1, -0.05) is 60.4 Å². The maximum Gasteiger partial charge on any atom is 0.269 e. The van der Waals surface area contributed by atoms with Crippen LogP contribution in [0.15, 0.2) is 40.7 Å². The number of carbonyl (C=O) groups excluding carboxylic acids is 1. The summed E-state index contributed by atoms with van der Waals surface area (Å²) in [7, 11) is 0. The van der Waals surface area contributed by atoms with E-state index in [-0.39, 0.29) is 5.91 Å². The lowest BCUT2D eigenvalue weighted by atomic mass is 9.82. The van der Waals surface area contributed by atoms with Crippen molar-refractivity contribution in [1.82, 2.24) is 15.2 Å². The number of aromatic nitrogens is 3. The molecule has 5 rings (SSSR count). The molecule has 6 nitrogen and oxygen atoms in total. The molecular weight excluding hydrogens is 446 g/mol. The van der Waals surface area contributed by atoms with Crippen LogP contribution in [0.2, 0.25) is 0 Å². The van der Waals surface area contributed by atoms with Gasteiger partial charge in [0.25, 0.3) is 5.91 Å². The zero-order chi connectivity index (χ0) is 21.4. The summed E-state index contributed by atoms with van der Waals surface area (Å²) in [6.07, 6.45) is 2.97. The molecule has 1 aliphatic rings. The summed E-state index contributed by atoms with van der Waals surface area (Å²) in [4.78, 5) is 19.0. The van der Waals surface area contributed by atoms with Crippen molar-refractivity contribution >= 4 is 61.4 Å². The van der Waals surface area contributed by atoms with Crippen molar-refractivity contribution in [2.75, 3.05) is 16.8 Å². The summed E-state index contributed by atoms with van der Waals surface area (Å²) in [6, 6.07) is 12.8. The molecule has 0 bridgehead atoms. The fourth-order valence-electron chi connectivity index (χ4n) is 3.96. The zero-order valence-corrected chi connectivity index (χ0v) is 19.4. The van der Waals surface area contributed by atoms with Crippen LogP contribution in [0.3, 0.4) is 0 Å². The van der Waals surface area contributed by atoms with E-state index >= 15 is 0 Å². The van der Waals surface area contributed by atoms with Crippen LogP contribution in [0, 0.1) is 0 Å². The van der Waals surface area contributed by atoms with Gasteiger partial charge < -0.3 is 5.73 Å². The van der Waals surface area contributed by atoms with Gasteiger partial charge in [0.05, 0.1) is 5.69 Å². The Morgan fingerprint density at radius 3 is 2.90 bits per heavy atom. The van der Waals surface area contributed by atoms with Gasteiger partial charge in [-0.2, -0.15) is 0 Å². The number of benzene rings is 1. The highest BCUT2D eigenvalue weighted by Gasteiger charge is 2.25. The quantitative estimate of drug-likeness (QED) is 0.303. The fraction of sp³-hybridized carbons (Fsp3) is 0.273. The lowest BCUT2D eigenvalue weighted by Crippen LogP contribution is -2.14. The molecule has 1 aliphatic carbocycles. The van der Waals surface area contributed by atoms with Crippen molar-refractivity contribution in [3.8, 4) is 0 Å². The molecule has 0 fully saturated rings. The minimum Gasteiger partial charge on any atom is -0.397 e. The SMILES string of the molecule is CCSc1nnc(NC(=O)c2sc3nc4c(cc3c2N)CC(c2ccccc2)CC4)s1. The smallest absolute Gasteiger partial charge is 0.269 e. The summed E-state index contributed by atoms with van der Waals surface area (Å²) < 4.78 is 0.837. The predicted octanol–water partition coefficient (Wildman–Crippen LogP) is 5.37. The van der Waals surface area contributed by atoms with Crippen LogP contribution in [0.1, 0.15) is 45.8 Å². The molecule has 1 atom stereocenters. The highest BCUT2D eigenvalue weighted by atomic mass is 32.2. The Kier molecular flexibility index (Phi) is 5.64. The van der Waals surface area contributed by atoms with Gasteiger partial charge in [0.1, 0.15) is 9.71 Å². The normalized spacial score (nSPS) is 15.7. The van der Waals surface area contributed by atoms with Crippen molar-refractivity contribution in [2.24, 2.45) is 0 Å². The molecule has 9 heteroatoms. The largest absolute Gasteiger partial charge is 0.397 e. The molecular formula is C22H21N5OS3.